The monoisotopic (exact) mass is 398 g/mol. The highest BCUT2D eigenvalue weighted by Crippen LogP contribution is 2.36. The second kappa shape index (κ2) is 7.39. The summed E-state index contributed by atoms with van der Waals surface area (Å²) in [4.78, 5) is 10.1. The molecular formula is C18H18N6O3S. The van der Waals surface area contributed by atoms with Crippen molar-refractivity contribution in [2.24, 2.45) is 0 Å². The van der Waals surface area contributed by atoms with Crippen LogP contribution >= 0.6 is 11.8 Å². The zero-order chi connectivity index (χ0) is 19.7. The van der Waals surface area contributed by atoms with Crippen molar-refractivity contribution in [1.29, 1.82) is 0 Å². The van der Waals surface area contributed by atoms with E-state index in [0.29, 0.717) is 29.6 Å². The molecule has 0 aliphatic rings. The standard InChI is InChI=1S/C18H18N6O3S/c1-4-24-12-8-15(28-10-5-6-13(25-2)14(7-10)26-3)20-9-11(12)21-18(24)16-17(19)23-27-22-16/h5-9H,4H2,1-3H3,(H2,19,23). The number of ether oxygens (including phenoxy) is 2. The Balaban J connectivity index is 1.73. The first-order valence-electron chi connectivity index (χ1n) is 8.49. The van der Waals surface area contributed by atoms with E-state index >= 15 is 0 Å². The Hall–Kier alpha value is -3.27. The van der Waals surface area contributed by atoms with Gasteiger partial charge in [0.1, 0.15) is 10.5 Å². The third-order valence-electron chi connectivity index (χ3n) is 4.23. The van der Waals surface area contributed by atoms with Gasteiger partial charge in [0.15, 0.2) is 28.8 Å². The second-order valence-corrected chi connectivity index (χ2v) is 6.90. The minimum atomic E-state index is 0.206. The number of nitrogens with two attached hydrogens (primary N) is 1. The predicted octanol–water partition coefficient (Wildman–Crippen LogP) is 3.25. The summed E-state index contributed by atoms with van der Waals surface area (Å²) in [7, 11) is 3.23. The number of nitrogen functional groups attached to an aromatic ring is 1. The van der Waals surface area contributed by atoms with Crippen LogP contribution in [0.5, 0.6) is 11.5 Å². The van der Waals surface area contributed by atoms with Gasteiger partial charge in [-0.15, -0.1) is 0 Å². The van der Waals surface area contributed by atoms with Crippen molar-refractivity contribution in [2.45, 2.75) is 23.4 Å². The average molecular weight is 398 g/mol. The molecule has 0 fully saturated rings. The van der Waals surface area contributed by atoms with E-state index in [1.165, 1.54) is 11.8 Å². The summed E-state index contributed by atoms with van der Waals surface area (Å²) in [6, 6.07) is 7.73. The molecule has 9 nitrogen and oxygen atoms in total. The fourth-order valence-electron chi connectivity index (χ4n) is 2.92. The van der Waals surface area contributed by atoms with Crippen LogP contribution in [0.25, 0.3) is 22.6 Å². The Morgan fingerprint density at radius 2 is 1.96 bits per heavy atom. The molecule has 0 unspecified atom stereocenters. The summed E-state index contributed by atoms with van der Waals surface area (Å²) in [5, 5.41) is 8.33. The molecule has 3 aromatic heterocycles. The molecule has 28 heavy (non-hydrogen) atoms. The molecule has 4 rings (SSSR count). The van der Waals surface area contributed by atoms with Gasteiger partial charge in [0.2, 0.25) is 0 Å². The van der Waals surface area contributed by atoms with Gasteiger partial charge in [-0.1, -0.05) is 11.8 Å². The van der Waals surface area contributed by atoms with Crippen LogP contribution in [-0.4, -0.2) is 39.1 Å². The molecule has 144 valence electrons. The number of benzene rings is 1. The van der Waals surface area contributed by atoms with Gasteiger partial charge in [-0.3, -0.25) is 0 Å². The normalized spacial score (nSPS) is 11.1. The quantitative estimate of drug-likeness (QED) is 0.522. The summed E-state index contributed by atoms with van der Waals surface area (Å²) >= 11 is 1.52. The molecule has 1 aromatic carbocycles. The van der Waals surface area contributed by atoms with Crippen LogP contribution in [0.15, 0.2) is 45.0 Å². The summed E-state index contributed by atoms with van der Waals surface area (Å²) in [6.45, 7) is 2.71. The zero-order valence-corrected chi connectivity index (χ0v) is 16.4. The third-order valence-corrected chi connectivity index (χ3v) is 5.15. The number of rotatable bonds is 6. The number of hydrogen-bond acceptors (Lipinski definition) is 9. The highest BCUT2D eigenvalue weighted by Gasteiger charge is 2.19. The van der Waals surface area contributed by atoms with Crippen molar-refractivity contribution in [1.82, 2.24) is 24.8 Å². The molecule has 0 atom stereocenters. The van der Waals surface area contributed by atoms with E-state index in [1.807, 2.05) is 35.8 Å². The van der Waals surface area contributed by atoms with Crippen molar-refractivity contribution in [3.8, 4) is 23.0 Å². The Labute approximate surface area is 164 Å². The third kappa shape index (κ3) is 3.11. The molecular weight excluding hydrogens is 380 g/mol. The SMILES string of the molecule is CCn1c(-c2nonc2N)nc2cnc(Sc3ccc(OC)c(OC)c3)cc21. The fraction of sp³-hybridized carbons (Fsp3) is 0.222. The number of anilines is 1. The van der Waals surface area contributed by atoms with Crippen LogP contribution in [0.2, 0.25) is 0 Å². The second-order valence-electron chi connectivity index (χ2n) is 5.81. The van der Waals surface area contributed by atoms with E-state index in [2.05, 4.69) is 20.3 Å². The molecule has 0 saturated carbocycles. The van der Waals surface area contributed by atoms with Gasteiger partial charge in [0.25, 0.3) is 0 Å². The molecule has 0 amide bonds. The molecule has 0 bridgehead atoms. The molecule has 2 N–H and O–H groups in total. The topological polar surface area (TPSA) is 114 Å². The minimum absolute atomic E-state index is 0.206. The number of pyridine rings is 1. The Kier molecular flexibility index (Phi) is 4.78. The van der Waals surface area contributed by atoms with Gasteiger partial charge in [-0.25, -0.2) is 14.6 Å². The summed E-state index contributed by atoms with van der Waals surface area (Å²) in [5.74, 6) is 2.16. The highest BCUT2D eigenvalue weighted by atomic mass is 32.2. The predicted molar refractivity (Wildman–Crippen MR) is 105 cm³/mol. The Morgan fingerprint density at radius 3 is 2.64 bits per heavy atom. The van der Waals surface area contributed by atoms with Crippen molar-refractivity contribution in [2.75, 3.05) is 20.0 Å². The first-order valence-corrected chi connectivity index (χ1v) is 9.30. The van der Waals surface area contributed by atoms with E-state index in [1.54, 1.807) is 20.4 Å². The zero-order valence-electron chi connectivity index (χ0n) is 15.5. The highest BCUT2D eigenvalue weighted by molar-refractivity contribution is 7.99. The van der Waals surface area contributed by atoms with Gasteiger partial charge in [0, 0.05) is 11.4 Å². The molecule has 0 spiro atoms. The number of methoxy groups -OCH3 is 2. The lowest BCUT2D eigenvalue weighted by Crippen LogP contribution is -2.00. The molecule has 4 aromatic rings. The summed E-state index contributed by atoms with van der Waals surface area (Å²) < 4.78 is 17.4. The average Bonchev–Trinajstić information content (AvgIpc) is 3.30. The van der Waals surface area contributed by atoms with Gasteiger partial charge in [0.05, 0.1) is 25.9 Å². The van der Waals surface area contributed by atoms with Crippen molar-refractivity contribution in [3.05, 3.63) is 30.5 Å². The van der Waals surface area contributed by atoms with Crippen LogP contribution in [0.3, 0.4) is 0 Å². The van der Waals surface area contributed by atoms with Crippen LogP contribution in [0.1, 0.15) is 6.92 Å². The number of aromatic nitrogens is 5. The van der Waals surface area contributed by atoms with E-state index in [9.17, 15) is 0 Å². The summed E-state index contributed by atoms with van der Waals surface area (Å²) in [6.07, 6.45) is 1.73. The smallest absolute Gasteiger partial charge is 0.199 e. The fourth-order valence-corrected chi connectivity index (χ4v) is 3.74. The van der Waals surface area contributed by atoms with Gasteiger partial charge >= 0.3 is 0 Å². The maximum absolute atomic E-state index is 5.84. The number of imidazole rings is 1. The van der Waals surface area contributed by atoms with Gasteiger partial charge < -0.3 is 19.8 Å². The van der Waals surface area contributed by atoms with Gasteiger partial charge in [-0.2, -0.15) is 0 Å². The van der Waals surface area contributed by atoms with Crippen molar-refractivity contribution in [3.63, 3.8) is 0 Å². The maximum atomic E-state index is 5.84. The lowest BCUT2D eigenvalue weighted by atomic mass is 10.3. The Morgan fingerprint density at radius 1 is 1.14 bits per heavy atom. The van der Waals surface area contributed by atoms with E-state index < -0.39 is 0 Å². The molecule has 0 saturated heterocycles. The van der Waals surface area contributed by atoms with Crippen molar-refractivity contribution < 1.29 is 14.1 Å². The number of hydrogen-bond donors (Lipinski definition) is 1. The first-order chi connectivity index (χ1) is 13.6. The van der Waals surface area contributed by atoms with Crippen LogP contribution in [-0.2, 0) is 6.54 Å². The maximum Gasteiger partial charge on any atom is 0.199 e. The summed E-state index contributed by atoms with van der Waals surface area (Å²) in [5.41, 5.74) is 7.94. The number of nitrogens with zero attached hydrogens (tertiary/aromatic N) is 5. The molecule has 10 heteroatoms. The largest absolute Gasteiger partial charge is 0.493 e. The lowest BCUT2D eigenvalue weighted by molar-refractivity contribution is 0.310. The van der Waals surface area contributed by atoms with E-state index in [4.69, 9.17) is 19.8 Å². The molecule has 3 heterocycles. The van der Waals surface area contributed by atoms with Crippen LogP contribution in [0.4, 0.5) is 5.82 Å². The van der Waals surface area contributed by atoms with Crippen LogP contribution in [0, 0.1) is 0 Å². The number of fused-ring (bicyclic) bond motifs is 1. The van der Waals surface area contributed by atoms with Crippen molar-refractivity contribution >= 4 is 28.6 Å². The minimum Gasteiger partial charge on any atom is -0.493 e. The van der Waals surface area contributed by atoms with E-state index in [0.717, 1.165) is 21.0 Å². The molecule has 0 aliphatic heterocycles. The lowest BCUT2D eigenvalue weighted by Gasteiger charge is -2.09. The van der Waals surface area contributed by atoms with Gasteiger partial charge in [-0.05, 0) is 41.5 Å². The first kappa shape index (κ1) is 18.1. The number of aryl methyl sites for hydroxylation is 1. The Bertz CT molecular complexity index is 1140. The molecule has 0 aliphatic carbocycles. The van der Waals surface area contributed by atoms with Crippen LogP contribution < -0.4 is 15.2 Å². The molecule has 0 radical (unpaired) electrons. The van der Waals surface area contributed by atoms with E-state index in [-0.39, 0.29) is 5.82 Å².